The standard InChI is InChI=1S/C14H17N3O/c1-3-11(2)16-14(18)12-7-4-5-8-13(12)17-10-6-9-15-17/h4-11H,3H2,1-2H3,(H,16,18). The number of amides is 1. The van der Waals surface area contributed by atoms with E-state index in [2.05, 4.69) is 10.4 Å². The molecule has 4 heteroatoms. The van der Waals surface area contributed by atoms with Gasteiger partial charge in [-0.15, -0.1) is 0 Å². The van der Waals surface area contributed by atoms with Crippen molar-refractivity contribution in [3.63, 3.8) is 0 Å². The van der Waals surface area contributed by atoms with Gasteiger partial charge in [-0.05, 0) is 31.5 Å². The fourth-order valence-electron chi connectivity index (χ4n) is 1.68. The lowest BCUT2D eigenvalue weighted by Crippen LogP contribution is -2.32. The summed E-state index contributed by atoms with van der Waals surface area (Å²) in [6.45, 7) is 4.04. The van der Waals surface area contributed by atoms with E-state index >= 15 is 0 Å². The van der Waals surface area contributed by atoms with Crippen molar-refractivity contribution in [3.8, 4) is 5.69 Å². The van der Waals surface area contributed by atoms with Crippen LogP contribution in [0.3, 0.4) is 0 Å². The number of benzene rings is 1. The molecular formula is C14H17N3O. The Morgan fingerprint density at radius 2 is 2.17 bits per heavy atom. The molecule has 0 bridgehead atoms. The van der Waals surface area contributed by atoms with Gasteiger partial charge < -0.3 is 5.32 Å². The predicted octanol–water partition coefficient (Wildman–Crippen LogP) is 2.40. The number of hydrogen-bond acceptors (Lipinski definition) is 2. The third kappa shape index (κ3) is 2.59. The molecule has 4 nitrogen and oxygen atoms in total. The molecule has 1 amide bonds. The number of para-hydroxylation sites is 1. The molecule has 1 atom stereocenters. The van der Waals surface area contributed by atoms with Crippen molar-refractivity contribution in [1.82, 2.24) is 15.1 Å². The van der Waals surface area contributed by atoms with Gasteiger partial charge in [0.25, 0.3) is 5.91 Å². The van der Waals surface area contributed by atoms with E-state index in [1.807, 2.05) is 50.4 Å². The van der Waals surface area contributed by atoms with E-state index in [-0.39, 0.29) is 11.9 Å². The summed E-state index contributed by atoms with van der Waals surface area (Å²) in [6.07, 6.45) is 4.44. The van der Waals surface area contributed by atoms with Crippen LogP contribution in [-0.2, 0) is 0 Å². The number of carbonyl (C=O) groups is 1. The molecule has 1 aromatic carbocycles. The average molecular weight is 243 g/mol. The van der Waals surface area contributed by atoms with Crippen molar-refractivity contribution >= 4 is 5.91 Å². The maximum atomic E-state index is 12.2. The molecule has 0 fully saturated rings. The van der Waals surface area contributed by atoms with Crippen molar-refractivity contribution in [2.45, 2.75) is 26.3 Å². The topological polar surface area (TPSA) is 46.9 Å². The first kappa shape index (κ1) is 12.4. The zero-order valence-electron chi connectivity index (χ0n) is 10.6. The van der Waals surface area contributed by atoms with Crippen LogP contribution in [0.15, 0.2) is 42.7 Å². The van der Waals surface area contributed by atoms with Crippen molar-refractivity contribution in [2.75, 3.05) is 0 Å². The maximum Gasteiger partial charge on any atom is 0.253 e. The fraction of sp³-hybridized carbons (Fsp3) is 0.286. The Hall–Kier alpha value is -2.10. The number of aromatic nitrogens is 2. The monoisotopic (exact) mass is 243 g/mol. The first-order chi connectivity index (χ1) is 8.72. The molecule has 94 valence electrons. The van der Waals surface area contributed by atoms with E-state index in [0.717, 1.165) is 12.1 Å². The van der Waals surface area contributed by atoms with E-state index in [9.17, 15) is 4.79 Å². The highest BCUT2D eigenvalue weighted by Gasteiger charge is 2.13. The lowest BCUT2D eigenvalue weighted by molar-refractivity contribution is 0.0939. The van der Waals surface area contributed by atoms with E-state index in [1.54, 1.807) is 10.9 Å². The van der Waals surface area contributed by atoms with Gasteiger partial charge in [0.15, 0.2) is 0 Å². The van der Waals surface area contributed by atoms with Gasteiger partial charge >= 0.3 is 0 Å². The first-order valence-electron chi connectivity index (χ1n) is 6.12. The van der Waals surface area contributed by atoms with Crippen molar-refractivity contribution in [1.29, 1.82) is 0 Å². The summed E-state index contributed by atoms with van der Waals surface area (Å²) in [4.78, 5) is 12.2. The van der Waals surface area contributed by atoms with Crippen LogP contribution in [0.2, 0.25) is 0 Å². The van der Waals surface area contributed by atoms with Crippen LogP contribution >= 0.6 is 0 Å². The van der Waals surface area contributed by atoms with Crippen molar-refractivity contribution in [2.24, 2.45) is 0 Å². The highest BCUT2D eigenvalue weighted by molar-refractivity contribution is 5.97. The second-order valence-electron chi connectivity index (χ2n) is 4.25. The van der Waals surface area contributed by atoms with Crippen LogP contribution < -0.4 is 5.32 Å². The van der Waals surface area contributed by atoms with Gasteiger partial charge in [-0.3, -0.25) is 4.79 Å². The Kier molecular flexibility index (Phi) is 3.77. The van der Waals surface area contributed by atoms with Crippen LogP contribution in [0.25, 0.3) is 5.69 Å². The smallest absolute Gasteiger partial charge is 0.253 e. The van der Waals surface area contributed by atoms with Crippen molar-refractivity contribution < 1.29 is 4.79 Å². The number of rotatable bonds is 4. The summed E-state index contributed by atoms with van der Waals surface area (Å²) >= 11 is 0. The minimum atomic E-state index is -0.0598. The van der Waals surface area contributed by atoms with Gasteiger partial charge in [-0.2, -0.15) is 5.10 Å². The second kappa shape index (κ2) is 5.49. The van der Waals surface area contributed by atoms with Crippen LogP contribution in [-0.4, -0.2) is 21.7 Å². The highest BCUT2D eigenvalue weighted by Crippen LogP contribution is 2.13. The average Bonchev–Trinajstić information content (AvgIpc) is 2.92. The normalized spacial score (nSPS) is 12.1. The molecule has 1 unspecified atom stereocenters. The number of carbonyl (C=O) groups excluding carboxylic acids is 1. The number of hydrogen-bond donors (Lipinski definition) is 1. The molecule has 0 aliphatic rings. The molecule has 0 spiro atoms. The Morgan fingerprint density at radius 1 is 1.39 bits per heavy atom. The molecule has 2 aromatic rings. The van der Waals surface area contributed by atoms with E-state index < -0.39 is 0 Å². The number of nitrogens with one attached hydrogen (secondary N) is 1. The van der Waals surface area contributed by atoms with Crippen molar-refractivity contribution in [3.05, 3.63) is 48.3 Å². The van der Waals surface area contributed by atoms with E-state index in [0.29, 0.717) is 5.56 Å². The van der Waals surface area contributed by atoms with Gasteiger partial charge in [0.2, 0.25) is 0 Å². The zero-order valence-corrected chi connectivity index (χ0v) is 10.6. The van der Waals surface area contributed by atoms with Crippen LogP contribution in [0.5, 0.6) is 0 Å². The second-order valence-corrected chi connectivity index (χ2v) is 4.25. The first-order valence-corrected chi connectivity index (χ1v) is 6.12. The largest absolute Gasteiger partial charge is 0.350 e. The maximum absolute atomic E-state index is 12.2. The summed E-state index contributed by atoms with van der Waals surface area (Å²) in [5.41, 5.74) is 1.44. The minimum Gasteiger partial charge on any atom is -0.350 e. The van der Waals surface area contributed by atoms with Crippen LogP contribution in [0.4, 0.5) is 0 Å². The molecule has 1 aromatic heterocycles. The predicted molar refractivity (Wildman–Crippen MR) is 70.8 cm³/mol. The summed E-state index contributed by atoms with van der Waals surface area (Å²) in [5.74, 6) is -0.0598. The molecular weight excluding hydrogens is 226 g/mol. The van der Waals surface area contributed by atoms with Gasteiger partial charge in [0.05, 0.1) is 11.3 Å². The minimum absolute atomic E-state index is 0.0598. The Morgan fingerprint density at radius 3 is 2.83 bits per heavy atom. The lowest BCUT2D eigenvalue weighted by Gasteiger charge is -2.13. The summed E-state index contributed by atoms with van der Waals surface area (Å²) in [6, 6.07) is 9.47. The molecule has 0 saturated heterocycles. The molecule has 1 N–H and O–H groups in total. The third-order valence-electron chi connectivity index (χ3n) is 2.89. The molecule has 2 rings (SSSR count). The van der Waals surface area contributed by atoms with Gasteiger partial charge in [0, 0.05) is 18.4 Å². The summed E-state index contributed by atoms with van der Waals surface area (Å²) in [5, 5.41) is 7.13. The van der Waals surface area contributed by atoms with Gasteiger partial charge in [-0.25, -0.2) is 4.68 Å². The number of nitrogens with zero attached hydrogens (tertiary/aromatic N) is 2. The SMILES string of the molecule is CCC(C)NC(=O)c1ccccc1-n1cccn1. The van der Waals surface area contributed by atoms with Crippen LogP contribution in [0, 0.1) is 0 Å². The lowest BCUT2D eigenvalue weighted by atomic mass is 10.1. The quantitative estimate of drug-likeness (QED) is 0.896. The molecule has 0 aliphatic carbocycles. The Bertz CT molecular complexity index is 520. The summed E-state index contributed by atoms with van der Waals surface area (Å²) in [7, 11) is 0. The van der Waals surface area contributed by atoms with Crippen LogP contribution in [0.1, 0.15) is 30.6 Å². The molecule has 0 aliphatic heterocycles. The molecule has 18 heavy (non-hydrogen) atoms. The summed E-state index contributed by atoms with van der Waals surface area (Å²) < 4.78 is 1.70. The molecule has 0 saturated carbocycles. The van der Waals surface area contributed by atoms with E-state index in [4.69, 9.17) is 0 Å². The zero-order chi connectivity index (χ0) is 13.0. The Labute approximate surface area is 107 Å². The molecule has 1 heterocycles. The third-order valence-corrected chi connectivity index (χ3v) is 2.89. The highest BCUT2D eigenvalue weighted by atomic mass is 16.1. The van der Waals surface area contributed by atoms with Gasteiger partial charge in [-0.1, -0.05) is 19.1 Å². The Balaban J connectivity index is 2.31. The fourth-order valence-corrected chi connectivity index (χ4v) is 1.68. The molecule has 0 radical (unpaired) electrons. The van der Waals surface area contributed by atoms with E-state index in [1.165, 1.54) is 0 Å². The van der Waals surface area contributed by atoms with Gasteiger partial charge in [0.1, 0.15) is 0 Å².